The van der Waals surface area contributed by atoms with Crippen LogP contribution < -0.4 is 11.2 Å². The Morgan fingerprint density at radius 1 is 1.39 bits per heavy atom. The predicted molar refractivity (Wildman–Crippen MR) is 66.1 cm³/mol. The summed E-state index contributed by atoms with van der Waals surface area (Å²) in [6.45, 7) is -0.167. The number of aromatic amines is 1. The van der Waals surface area contributed by atoms with E-state index in [-0.39, 0.29) is 17.4 Å². The fraction of sp³-hybridized carbons (Fsp3) is 0.182. The largest absolute Gasteiger partial charge is 0.357 e. The second-order valence-electron chi connectivity index (χ2n) is 3.85. The number of carbonyl (C=O) groups excluding carboxylic acids is 1. The number of ketones is 1. The lowest BCUT2D eigenvalue weighted by molar-refractivity contribution is 0.0970. The summed E-state index contributed by atoms with van der Waals surface area (Å²) in [5, 5.41) is -0.129. The molecule has 0 atom stereocenters. The molecule has 0 aliphatic carbocycles. The van der Waals surface area contributed by atoms with Gasteiger partial charge in [0.2, 0.25) is 0 Å². The predicted octanol–water partition coefficient (Wildman–Crippen LogP) is 0.411. The number of aromatic nitrogens is 3. The molecular formula is C11H10ClN3O3. The Kier molecular flexibility index (Phi) is 3.20. The highest BCUT2D eigenvalue weighted by Crippen LogP contribution is 2.03. The zero-order chi connectivity index (χ0) is 13.3. The maximum absolute atomic E-state index is 11.9. The van der Waals surface area contributed by atoms with Crippen LogP contribution in [0.15, 0.2) is 34.2 Å². The molecule has 0 aliphatic rings. The first-order chi connectivity index (χ1) is 8.47. The Bertz CT molecular complexity index is 711. The van der Waals surface area contributed by atoms with Crippen LogP contribution in [-0.4, -0.2) is 19.9 Å². The van der Waals surface area contributed by atoms with E-state index in [1.807, 2.05) is 4.98 Å². The number of nitrogens with one attached hydrogen (secondary N) is 1. The second kappa shape index (κ2) is 4.66. The molecule has 0 aliphatic heterocycles. The fourth-order valence-electron chi connectivity index (χ4n) is 1.51. The van der Waals surface area contributed by atoms with E-state index in [0.29, 0.717) is 5.56 Å². The molecule has 0 aromatic carbocycles. The van der Waals surface area contributed by atoms with E-state index in [0.717, 1.165) is 10.8 Å². The zero-order valence-electron chi connectivity index (χ0n) is 9.51. The number of hydrogen-bond acceptors (Lipinski definition) is 3. The lowest BCUT2D eigenvalue weighted by Crippen LogP contribution is -2.31. The number of rotatable bonds is 3. The molecule has 2 heterocycles. The molecule has 0 spiro atoms. The van der Waals surface area contributed by atoms with E-state index in [4.69, 9.17) is 11.6 Å². The summed E-state index contributed by atoms with van der Waals surface area (Å²) < 4.78 is 2.80. The van der Waals surface area contributed by atoms with Gasteiger partial charge in [-0.15, -0.1) is 0 Å². The number of H-pyrrole nitrogens is 1. The number of nitrogens with zero attached hydrogens (tertiary/aromatic N) is 2. The normalized spacial score (nSPS) is 10.6. The maximum Gasteiger partial charge on any atom is 0.328 e. The molecule has 1 N–H and O–H groups in total. The standard InChI is InChI=1S/C11H10ClN3O3/c1-14-3-2-7(4-14)9(16)6-15-5-8(12)10(17)13-11(15)18/h2-5H,6H2,1H3,(H,13,17,18). The van der Waals surface area contributed by atoms with Crippen molar-refractivity contribution in [1.29, 1.82) is 0 Å². The summed E-state index contributed by atoms with van der Waals surface area (Å²) >= 11 is 5.60. The highest BCUT2D eigenvalue weighted by molar-refractivity contribution is 6.30. The van der Waals surface area contributed by atoms with Gasteiger partial charge < -0.3 is 4.57 Å². The second-order valence-corrected chi connectivity index (χ2v) is 4.26. The minimum atomic E-state index is -0.662. The van der Waals surface area contributed by atoms with Gasteiger partial charge in [0.05, 0.1) is 6.54 Å². The first-order valence-electron chi connectivity index (χ1n) is 5.12. The summed E-state index contributed by atoms with van der Waals surface area (Å²) in [6.07, 6.45) is 4.54. The molecule has 0 bridgehead atoms. The van der Waals surface area contributed by atoms with Crippen molar-refractivity contribution in [3.63, 3.8) is 0 Å². The molecule has 0 saturated carbocycles. The molecule has 18 heavy (non-hydrogen) atoms. The molecule has 2 rings (SSSR count). The van der Waals surface area contributed by atoms with Gasteiger partial charge in [0.1, 0.15) is 5.02 Å². The van der Waals surface area contributed by atoms with Crippen LogP contribution in [0.2, 0.25) is 5.02 Å². The van der Waals surface area contributed by atoms with E-state index >= 15 is 0 Å². The molecule has 94 valence electrons. The third-order valence-electron chi connectivity index (χ3n) is 2.44. The third-order valence-corrected chi connectivity index (χ3v) is 2.70. The van der Waals surface area contributed by atoms with Gasteiger partial charge in [-0.3, -0.25) is 19.1 Å². The average Bonchev–Trinajstić information content (AvgIpc) is 2.73. The molecule has 0 amide bonds. The Morgan fingerprint density at radius 3 is 2.72 bits per heavy atom. The third kappa shape index (κ3) is 2.43. The van der Waals surface area contributed by atoms with E-state index in [9.17, 15) is 14.4 Å². The van der Waals surface area contributed by atoms with Crippen molar-refractivity contribution in [3.05, 3.63) is 56.1 Å². The summed E-state index contributed by atoms with van der Waals surface area (Å²) in [4.78, 5) is 36.4. The van der Waals surface area contributed by atoms with Gasteiger partial charge in [0, 0.05) is 31.2 Å². The van der Waals surface area contributed by atoms with Crippen molar-refractivity contribution in [2.24, 2.45) is 7.05 Å². The summed E-state index contributed by atoms with van der Waals surface area (Å²) in [5.74, 6) is -0.235. The van der Waals surface area contributed by atoms with Crippen LogP contribution in [0, 0.1) is 0 Å². The van der Waals surface area contributed by atoms with Crippen LogP contribution in [0.25, 0.3) is 0 Å². The number of hydrogen-bond donors (Lipinski definition) is 1. The molecule has 0 radical (unpaired) electrons. The highest BCUT2D eigenvalue weighted by atomic mass is 35.5. The van der Waals surface area contributed by atoms with Crippen molar-refractivity contribution < 1.29 is 4.79 Å². The summed E-state index contributed by atoms with van der Waals surface area (Å²) in [6, 6.07) is 1.65. The van der Waals surface area contributed by atoms with Gasteiger partial charge in [0.25, 0.3) is 5.56 Å². The van der Waals surface area contributed by atoms with Crippen LogP contribution in [0.4, 0.5) is 0 Å². The van der Waals surface area contributed by atoms with Crippen LogP contribution in [-0.2, 0) is 13.6 Å². The minimum absolute atomic E-state index is 0.129. The first-order valence-corrected chi connectivity index (χ1v) is 5.49. The molecule has 0 fully saturated rings. The van der Waals surface area contributed by atoms with Crippen molar-refractivity contribution in [1.82, 2.24) is 14.1 Å². The maximum atomic E-state index is 11.9. The van der Waals surface area contributed by atoms with Crippen LogP contribution in [0.3, 0.4) is 0 Å². The SMILES string of the molecule is Cn1ccc(C(=O)Cn2cc(Cl)c(=O)[nH]c2=O)c1. The van der Waals surface area contributed by atoms with Gasteiger partial charge >= 0.3 is 5.69 Å². The van der Waals surface area contributed by atoms with Crippen LogP contribution in [0.5, 0.6) is 0 Å². The summed E-state index contributed by atoms with van der Waals surface area (Å²) in [5.41, 5.74) is -0.828. The highest BCUT2D eigenvalue weighted by Gasteiger charge is 2.10. The molecule has 7 heteroatoms. The number of Topliss-reactive ketones (excluding diaryl/α,β-unsaturated/α-hetero) is 1. The van der Waals surface area contributed by atoms with E-state index in [2.05, 4.69) is 0 Å². The van der Waals surface area contributed by atoms with Crippen molar-refractivity contribution in [2.45, 2.75) is 6.54 Å². The topological polar surface area (TPSA) is 76.9 Å². The van der Waals surface area contributed by atoms with Gasteiger partial charge in [-0.05, 0) is 6.07 Å². The summed E-state index contributed by atoms with van der Waals surface area (Å²) in [7, 11) is 1.79. The van der Waals surface area contributed by atoms with Gasteiger partial charge in [0.15, 0.2) is 5.78 Å². The van der Waals surface area contributed by atoms with Crippen molar-refractivity contribution >= 4 is 17.4 Å². The molecule has 2 aromatic heterocycles. The van der Waals surface area contributed by atoms with E-state index < -0.39 is 11.2 Å². The number of halogens is 1. The minimum Gasteiger partial charge on any atom is -0.357 e. The molecule has 0 unspecified atom stereocenters. The van der Waals surface area contributed by atoms with Crippen LogP contribution >= 0.6 is 11.6 Å². The Morgan fingerprint density at radius 2 is 2.11 bits per heavy atom. The zero-order valence-corrected chi connectivity index (χ0v) is 10.3. The average molecular weight is 268 g/mol. The molecule has 2 aromatic rings. The van der Waals surface area contributed by atoms with Gasteiger partial charge in [-0.1, -0.05) is 11.6 Å². The Labute approximate surface area is 106 Å². The van der Waals surface area contributed by atoms with E-state index in [1.165, 1.54) is 0 Å². The van der Waals surface area contributed by atoms with Crippen LogP contribution in [0.1, 0.15) is 10.4 Å². The van der Waals surface area contributed by atoms with Gasteiger partial charge in [-0.25, -0.2) is 4.79 Å². The smallest absolute Gasteiger partial charge is 0.328 e. The van der Waals surface area contributed by atoms with Crippen molar-refractivity contribution in [3.8, 4) is 0 Å². The number of carbonyl (C=O) groups is 1. The lowest BCUT2D eigenvalue weighted by Gasteiger charge is -2.03. The van der Waals surface area contributed by atoms with Crippen molar-refractivity contribution in [2.75, 3.05) is 0 Å². The quantitative estimate of drug-likeness (QED) is 0.819. The number of aryl methyl sites for hydroxylation is 1. The molecule has 6 nitrogen and oxygen atoms in total. The first kappa shape index (κ1) is 12.4. The molecular weight excluding hydrogens is 258 g/mol. The van der Waals surface area contributed by atoms with E-state index in [1.54, 1.807) is 30.1 Å². The fourth-order valence-corrected chi connectivity index (χ4v) is 1.68. The lowest BCUT2D eigenvalue weighted by atomic mass is 10.2. The Hall–Kier alpha value is -2.08. The molecule has 0 saturated heterocycles. The Balaban J connectivity index is 2.30. The van der Waals surface area contributed by atoms with Gasteiger partial charge in [-0.2, -0.15) is 0 Å². The monoisotopic (exact) mass is 267 g/mol.